The maximum Gasteiger partial charge on any atom is 0.255 e. The molecule has 1 aliphatic heterocycles. The van der Waals surface area contributed by atoms with Crippen LogP contribution >= 0.6 is 0 Å². The molecule has 0 unspecified atom stereocenters. The zero-order valence-electron chi connectivity index (χ0n) is 16.5. The molecule has 0 bridgehead atoms. The maximum absolute atomic E-state index is 13.2. The summed E-state index contributed by atoms with van der Waals surface area (Å²) in [5, 5.41) is 0. The van der Waals surface area contributed by atoms with E-state index in [1.54, 1.807) is 23.5 Å². The Bertz CT molecular complexity index is 1140. The zero-order chi connectivity index (χ0) is 20.4. The lowest BCUT2D eigenvalue weighted by atomic mass is 9.48. The van der Waals surface area contributed by atoms with E-state index in [2.05, 4.69) is 23.8 Å². The SMILES string of the molecule is CC1(C)C[C@]2(C(N)=O)CN(C(=O)c3cnc4c(c3)ncn4-c3ccccc3)C[C@H]12. The van der Waals surface area contributed by atoms with Crippen molar-refractivity contribution in [2.75, 3.05) is 13.1 Å². The van der Waals surface area contributed by atoms with Gasteiger partial charge in [0.05, 0.1) is 11.0 Å². The highest BCUT2D eigenvalue weighted by atomic mass is 16.2. The first-order valence-corrected chi connectivity index (χ1v) is 9.79. The van der Waals surface area contributed by atoms with Crippen molar-refractivity contribution >= 4 is 23.0 Å². The van der Waals surface area contributed by atoms with E-state index >= 15 is 0 Å². The minimum atomic E-state index is -0.592. The number of carbonyl (C=O) groups excluding carboxylic acids is 2. The predicted octanol–water partition coefficient (Wildman–Crippen LogP) is 2.39. The number of carbonyl (C=O) groups is 2. The van der Waals surface area contributed by atoms with E-state index in [1.165, 1.54) is 0 Å². The van der Waals surface area contributed by atoms with E-state index in [-0.39, 0.29) is 23.1 Å². The van der Waals surface area contributed by atoms with E-state index in [1.807, 2.05) is 34.9 Å². The first-order valence-electron chi connectivity index (χ1n) is 9.79. The Morgan fingerprint density at radius 3 is 2.59 bits per heavy atom. The Hall–Kier alpha value is -3.22. The van der Waals surface area contributed by atoms with Gasteiger partial charge in [0.2, 0.25) is 5.91 Å². The van der Waals surface area contributed by atoms with Gasteiger partial charge in [0.25, 0.3) is 5.91 Å². The lowest BCUT2D eigenvalue weighted by molar-refractivity contribution is -0.148. The van der Waals surface area contributed by atoms with E-state index in [4.69, 9.17) is 5.73 Å². The summed E-state index contributed by atoms with van der Waals surface area (Å²) in [6.45, 7) is 5.20. The number of para-hydroxylation sites is 1. The summed E-state index contributed by atoms with van der Waals surface area (Å²) in [4.78, 5) is 36.0. The summed E-state index contributed by atoms with van der Waals surface area (Å²) >= 11 is 0. The topological polar surface area (TPSA) is 94.1 Å². The van der Waals surface area contributed by atoms with Gasteiger partial charge in [-0.3, -0.25) is 14.2 Å². The number of amides is 2. The smallest absolute Gasteiger partial charge is 0.255 e. The van der Waals surface area contributed by atoms with Gasteiger partial charge in [0, 0.05) is 25.0 Å². The van der Waals surface area contributed by atoms with Crippen molar-refractivity contribution in [2.45, 2.75) is 20.3 Å². The quantitative estimate of drug-likeness (QED) is 0.744. The Morgan fingerprint density at radius 1 is 1.17 bits per heavy atom. The number of nitrogens with two attached hydrogens (primary N) is 1. The molecule has 3 heterocycles. The Labute approximate surface area is 168 Å². The molecule has 2 atom stereocenters. The molecule has 1 saturated heterocycles. The number of benzene rings is 1. The molecule has 2 amide bonds. The highest BCUT2D eigenvalue weighted by Gasteiger charge is 2.66. The minimum absolute atomic E-state index is 0.0146. The van der Waals surface area contributed by atoms with E-state index in [9.17, 15) is 9.59 Å². The highest BCUT2D eigenvalue weighted by molar-refractivity contribution is 5.97. The predicted molar refractivity (Wildman–Crippen MR) is 108 cm³/mol. The molecule has 5 rings (SSSR count). The molecule has 2 aromatic heterocycles. The summed E-state index contributed by atoms with van der Waals surface area (Å²) in [6.07, 6.45) is 4.03. The van der Waals surface area contributed by atoms with E-state index < -0.39 is 5.41 Å². The lowest BCUT2D eigenvalue weighted by Crippen LogP contribution is -2.59. The van der Waals surface area contributed by atoms with Crippen LogP contribution in [0.3, 0.4) is 0 Å². The van der Waals surface area contributed by atoms with Gasteiger partial charge in [-0.15, -0.1) is 0 Å². The van der Waals surface area contributed by atoms with Gasteiger partial charge < -0.3 is 10.6 Å². The molecule has 148 valence electrons. The number of aromatic nitrogens is 3. The molecule has 7 nitrogen and oxygen atoms in total. The van der Waals surface area contributed by atoms with Crippen molar-refractivity contribution in [1.82, 2.24) is 19.4 Å². The first kappa shape index (κ1) is 17.8. The van der Waals surface area contributed by atoms with Crippen LogP contribution in [0.5, 0.6) is 0 Å². The van der Waals surface area contributed by atoms with Gasteiger partial charge in [0.1, 0.15) is 11.8 Å². The van der Waals surface area contributed by atoms with Crippen LogP contribution in [0.25, 0.3) is 16.9 Å². The molecule has 2 N–H and O–H groups in total. The van der Waals surface area contributed by atoms with Crippen LogP contribution in [0.15, 0.2) is 48.9 Å². The molecule has 0 spiro atoms. The number of likely N-dealkylation sites (tertiary alicyclic amines) is 1. The van der Waals surface area contributed by atoms with E-state index in [0.717, 1.165) is 12.1 Å². The van der Waals surface area contributed by atoms with Crippen LogP contribution in [-0.4, -0.2) is 44.3 Å². The van der Waals surface area contributed by atoms with Crippen molar-refractivity contribution in [3.8, 4) is 5.69 Å². The van der Waals surface area contributed by atoms with Gasteiger partial charge in [-0.25, -0.2) is 9.97 Å². The molecular weight excluding hydrogens is 366 g/mol. The minimum Gasteiger partial charge on any atom is -0.369 e. The zero-order valence-corrected chi connectivity index (χ0v) is 16.5. The van der Waals surface area contributed by atoms with Crippen LogP contribution in [-0.2, 0) is 4.79 Å². The molecule has 1 aromatic carbocycles. The fourth-order valence-corrected chi connectivity index (χ4v) is 5.36. The number of primary amides is 1. The van der Waals surface area contributed by atoms with Crippen molar-refractivity contribution in [3.05, 3.63) is 54.5 Å². The number of nitrogens with zero attached hydrogens (tertiary/aromatic N) is 4. The average Bonchev–Trinajstić information content (AvgIpc) is 3.27. The van der Waals surface area contributed by atoms with Gasteiger partial charge in [0.15, 0.2) is 5.65 Å². The van der Waals surface area contributed by atoms with Gasteiger partial charge in [-0.2, -0.15) is 0 Å². The number of fused-ring (bicyclic) bond motifs is 2. The number of pyridine rings is 1. The molecule has 1 aliphatic carbocycles. The third kappa shape index (κ3) is 2.50. The van der Waals surface area contributed by atoms with Crippen LogP contribution in [0, 0.1) is 16.7 Å². The van der Waals surface area contributed by atoms with Crippen LogP contribution in [0.1, 0.15) is 30.6 Å². The average molecular weight is 389 g/mol. The largest absolute Gasteiger partial charge is 0.369 e. The van der Waals surface area contributed by atoms with E-state index in [0.29, 0.717) is 29.8 Å². The fourth-order valence-electron chi connectivity index (χ4n) is 5.36. The second-order valence-corrected chi connectivity index (χ2v) is 8.94. The molecule has 2 fully saturated rings. The Kier molecular flexibility index (Phi) is 3.62. The van der Waals surface area contributed by atoms with Gasteiger partial charge in [-0.1, -0.05) is 32.0 Å². The second kappa shape index (κ2) is 5.89. The molecule has 1 saturated carbocycles. The third-order valence-corrected chi connectivity index (χ3v) is 6.70. The highest BCUT2D eigenvalue weighted by Crippen LogP contribution is 2.62. The lowest BCUT2D eigenvalue weighted by Gasteiger charge is -2.54. The molecule has 7 heteroatoms. The Morgan fingerprint density at radius 2 is 1.93 bits per heavy atom. The summed E-state index contributed by atoms with van der Waals surface area (Å²) in [7, 11) is 0. The summed E-state index contributed by atoms with van der Waals surface area (Å²) in [5.74, 6) is -0.322. The summed E-state index contributed by atoms with van der Waals surface area (Å²) in [6, 6.07) is 11.6. The van der Waals surface area contributed by atoms with Crippen LogP contribution in [0.4, 0.5) is 0 Å². The summed E-state index contributed by atoms with van der Waals surface area (Å²) in [5.41, 5.74) is 7.95. The normalized spacial score (nSPS) is 24.9. The van der Waals surface area contributed by atoms with Crippen molar-refractivity contribution in [2.24, 2.45) is 22.5 Å². The molecule has 0 radical (unpaired) electrons. The monoisotopic (exact) mass is 389 g/mol. The van der Waals surface area contributed by atoms with Crippen molar-refractivity contribution in [3.63, 3.8) is 0 Å². The van der Waals surface area contributed by atoms with Gasteiger partial charge in [-0.05, 0) is 36.0 Å². The number of hydrogen-bond donors (Lipinski definition) is 1. The third-order valence-electron chi connectivity index (χ3n) is 6.70. The van der Waals surface area contributed by atoms with Crippen molar-refractivity contribution < 1.29 is 9.59 Å². The second-order valence-electron chi connectivity index (χ2n) is 8.94. The standard InChI is InChI=1S/C22H23N5O2/c1-21(2)11-22(20(23)29)12-26(10-17(21)22)19(28)14-8-16-18(24-9-14)27(13-25-16)15-6-4-3-5-7-15/h3-9,13,17H,10-12H2,1-2H3,(H2,23,29)/t17-,22+/m1/s1. The molecule has 2 aliphatic rings. The first-order chi connectivity index (χ1) is 13.8. The molecule has 29 heavy (non-hydrogen) atoms. The van der Waals surface area contributed by atoms with Crippen molar-refractivity contribution in [1.29, 1.82) is 0 Å². The maximum atomic E-state index is 13.2. The molecule has 3 aromatic rings. The molecular formula is C22H23N5O2. The number of imidazole rings is 1. The fraction of sp³-hybridized carbons (Fsp3) is 0.364. The number of hydrogen-bond acceptors (Lipinski definition) is 4. The number of rotatable bonds is 3. The van der Waals surface area contributed by atoms with Gasteiger partial charge >= 0.3 is 0 Å². The Balaban J connectivity index is 1.45. The van der Waals surface area contributed by atoms with Crippen LogP contribution < -0.4 is 5.73 Å². The summed E-state index contributed by atoms with van der Waals surface area (Å²) < 4.78 is 1.89. The van der Waals surface area contributed by atoms with Crippen LogP contribution in [0.2, 0.25) is 0 Å².